The van der Waals surface area contributed by atoms with E-state index in [1.807, 2.05) is 20.8 Å². The Balaban J connectivity index is 4.28. The number of hydrogen-bond donors (Lipinski definition) is 0. The van der Waals surface area contributed by atoms with Crippen LogP contribution in [-0.2, 0) is 13.3 Å². The van der Waals surface area contributed by atoms with Crippen molar-refractivity contribution in [2.45, 2.75) is 53.5 Å². The maximum Gasteiger partial charge on any atom is 0.500 e. The second-order valence-electron chi connectivity index (χ2n) is 4.38. The fourth-order valence-electron chi connectivity index (χ4n) is 2.07. The molecular weight excluding hydrogens is 244 g/mol. The topological polar surface area (TPSA) is 27.7 Å². The Morgan fingerprint density at radius 1 is 1.00 bits per heavy atom. The summed E-state index contributed by atoms with van der Waals surface area (Å²) in [5, 5.41) is 0. The van der Waals surface area contributed by atoms with E-state index in [0.29, 0.717) is 25.7 Å². The summed E-state index contributed by atoms with van der Waals surface area (Å²) in [4.78, 5) is 0. The first-order chi connectivity index (χ1) is 8.64. The van der Waals surface area contributed by atoms with E-state index in [1.54, 1.807) is 0 Å². The molecule has 0 spiro atoms. The molecule has 0 N–H and O–H groups in total. The molecule has 0 aromatic heterocycles. The van der Waals surface area contributed by atoms with E-state index in [9.17, 15) is 0 Å². The lowest BCUT2D eigenvalue weighted by Crippen LogP contribution is -2.45. The minimum absolute atomic E-state index is 0.617. The van der Waals surface area contributed by atoms with Crippen molar-refractivity contribution in [1.82, 2.24) is 0 Å². The Morgan fingerprint density at radius 3 is 1.89 bits per heavy atom. The fourth-order valence-corrected chi connectivity index (χ4v) is 4.71. The molecule has 0 aromatic rings. The third-order valence-electron chi connectivity index (χ3n) is 2.76. The molecule has 3 nitrogen and oxygen atoms in total. The van der Waals surface area contributed by atoms with Gasteiger partial charge in [0.15, 0.2) is 0 Å². The SMILES string of the molecule is C/C=C/C(C)CCC[Si](OCC)(OCC)OCC. The van der Waals surface area contributed by atoms with E-state index < -0.39 is 8.80 Å². The normalized spacial score (nSPS) is 14.3. The molecule has 0 saturated heterocycles. The number of allylic oxidation sites excluding steroid dienone is 2. The van der Waals surface area contributed by atoms with Gasteiger partial charge in [0, 0.05) is 25.9 Å². The third-order valence-corrected chi connectivity index (χ3v) is 5.91. The van der Waals surface area contributed by atoms with E-state index in [-0.39, 0.29) is 0 Å². The number of hydrogen-bond acceptors (Lipinski definition) is 3. The van der Waals surface area contributed by atoms with Gasteiger partial charge in [-0.3, -0.25) is 0 Å². The second kappa shape index (κ2) is 10.7. The molecule has 0 aliphatic heterocycles. The summed E-state index contributed by atoms with van der Waals surface area (Å²) in [6.45, 7) is 12.3. The zero-order valence-corrected chi connectivity index (χ0v) is 13.7. The highest BCUT2D eigenvalue weighted by molar-refractivity contribution is 6.60. The first-order valence-corrected chi connectivity index (χ1v) is 9.11. The van der Waals surface area contributed by atoms with Crippen LogP contribution >= 0.6 is 0 Å². The molecule has 0 aromatic carbocycles. The van der Waals surface area contributed by atoms with Crippen LogP contribution in [0.3, 0.4) is 0 Å². The van der Waals surface area contributed by atoms with Crippen molar-refractivity contribution in [3.05, 3.63) is 12.2 Å². The number of rotatable bonds is 11. The predicted molar refractivity (Wildman–Crippen MR) is 78.7 cm³/mol. The van der Waals surface area contributed by atoms with Gasteiger partial charge in [-0.15, -0.1) is 0 Å². The van der Waals surface area contributed by atoms with Crippen LogP contribution in [0.2, 0.25) is 6.04 Å². The zero-order chi connectivity index (χ0) is 13.9. The van der Waals surface area contributed by atoms with Crippen LogP contribution in [-0.4, -0.2) is 28.6 Å². The van der Waals surface area contributed by atoms with Gasteiger partial charge in [-0.25, -0.2) is 0 Å². The van der Waals surface area contributed by atoms with E-state index in [2.05, 4.69) is 26.0 Å². The van der Waals surface area contributed by atoms with Gasteiger partial charge in [-0.05, 0) is 46.5 Å². The molecule has 0 heterocycles. The molecule has 0 aliphatic rings. The molecule has 0 aliphatic carbocycles. The van der Waals surface area contributed by atoms with E-state index >= 15 is 0 Å². The molecule has 0 rings (SSSR count). The Kier molecular flexibility index (Phi) is 10.6. The Morgan fingerprint density at radius 2 is 1.50 bits per heavy atom. The van der Waals surface area contributed by atoms with Gasteiger partial charge in [-0.2, -0.15) is 0 Å². The van der Waals surface area contributed by atoms with Crippen LogP contribution in [0.4, 0.5) is 0 Å². The summed E-state index contributed by atoms with van der Waals surface area (Å²) in [6, 6.07) is 0.921. The molecular formula is C14H30O3Si. The summed E-state index contributed by atoms with van der Waals surface area (Å²) >= 11 is 0. The molecule has 0 amide bonds. The van der Waals surface area contributed by atoms with Crippen molar-refractivity contribution >= 4 is 8.80 Å². The van der Waals surface area contributed by atoms with Gasteiger partial charge in [0.1, 0.15) is 0 Å². The van der Waals surface area contributed by atoms with Gasteiger partial charge < -0.3 is 13.3 Å². The monoisotopic (exact) mass is 274 g/mol. The highest BCUT2D eigenvalue weighted by Gasteiger charge is 2.39. The van der Waals surface area contributed by atoms with E-state index in [4.69, 9.17) is 13.3 Å². The lowest BCUT2D eigenvalue weighted by molar-refractivity contribution is 0.0705. The first-order valence-electron chi connectivity index (χ1n) is 7.18. The van der Waals surface area contributed by atoms with Gasteiger partial charge >= 0.3 is 8.80 Å². The van der Waals surface area contributed by atoms with Crippen LogP contribution in [0.25, 0.3) is 0 Å². The summed E-state index contributed by atoms with van der Waals surface area (Å²) in [5.74, 6) is 0.617. The van der Waals surface area contributed by atoms with Crippen molar-refractivity contribution in [2.75, 3.05) is 19.8 Å². The fraction of sp³-hybridized carbons (Fsp3) is 0.857. The first kappa shape index (κ1) is 17.8. The molecule has 1 unspecified atom stereocenters. The van der Waals surface area contributed by atoms with Crippen molar-refractivity contribution in [1.29, 1.82) is 0 Å². The highest BCUT2D eigenvalue weighted by Crippen LogP contribution is 2.21. The van der Waals surface area contributed by atoms with Crippen molar-refractivity contribution in [2.24, 2.45) is 5.92 Å². The molecule has 18 heavy (non-hydrogen) atoms. The van der Waals surface area contributed by atoms with Crippen molar-refractivity contribution in [3.63, 3.8) is 0 Å². The molecule has 0 fully saturated rings. The maximum atomic E-state index is 5.83. The summed E-state index contributed by atoms with van der Waals surface area (Å²) in [6.07, 6.45) is 6.61. The van der Waals surface area contributed by atoms with Crippen LogP contribution in [0.1, 0.15) is 47.5 Å². The van der Waals surface area contributed by atoms with Crippen LogP contribution in [0, 0.1) is 5.92 Å². The molecule has 4 heteroatoms. The lowest BCUT2D eigenvalue weighted by Gasteiger charge is -2.28. The van der Waals surface area contributed by atoms with Crippen LogP contribution in [0.5, 0.6) is 0 Å². The minimum atomic E-state index is -2.41. The lowest BCUT2D eigenvalue weighted by atomic mass is 10.1. The van der Waals surface area contributed by atoms with Crippen molar-refractivity contribution < 1.29 is 13.3 Å². The Hall–Kier alpha value is -0.163. The quantitative estimate of drug-likeness (QED) is 0.420. The molecule has 0 saturated carbocycles. The smallest absolute Gasteiger partial charge is 0.374 e. The predicted octanol–water partition coefficient (Wildman–Crippen LogP) is 4.03. The third kappa shape index (κ3) is 7.31. The van der Waals surface area contributed by atoms with Gasteiger partial charge in [0.05, 0.1) is 0 Å². The van der Waals surface area contributed by atoms with Crippen molar-refractivity contribution in [3.8, 4) is 0 Å². The van der Waals surface area contributed by atoms with E-state index in [1.165, 1.54) is 0 Å². The van der Waals surface area contributed by atoms with E-state index in [0.717, 1.165) is 18.9 Å². The van der Waals surface area contributed by atoms with Gasteiger partial charge in [0.2, 0.25) is 0 Å². The average Bonchev–Trinajstić information content (AvgIpc) is 2.30. The van der Waals surface area contributed by atoms with Crippen LogP contribution < -0.4 is 0 Å². The Bertz CT molecular complexity index is 202. The average molecular weight is 274 g/mol. The maximum absolute atomic E-state index is 5.83. The van der Waals surface area contributed by atoms with Gasteiger partial charge in [0.25, 0.3) is 0 Å². The second-order valence-corrected chi connectivity index (χ2v) is 7.11. The van der Waals surface area contributed by atoms with Crippen LogP contribution in [0.15, 0.2) is 12.2 Å². The minimum Gasteiger partial charge on any atom is -0.374 e. The highest BCUT2D eigenvalue weighted by atomic mass is 28.4. The summed E-state index contributed by atoms with van der Waals surface area (Å²) in [7, 11) is -2.41. The van der Waals surface area contributed by atoms with Gasteiger partial charge in [-0.1, -0.05) is 19.1 Å². The largest absolute Gasteiger partial charge is 0.500 e. The summed E-state index contributed by atoms with van der Waals surface area (Å²) in [5.41, 5.74) is 0. The summed E-state index contributed by atoms with van der Waals surface area (Å²) < 4.78 is 17.5. The molecule has 1 atom stereocenters. The molecule has 0 radical (unpaired) electrons. The Labute approximate surface area is 114 Å². The zero-order valence-electron chi connectivity index (χ0n) is 12.7. The standard InChI is InChI=1S/C14H30O3Si/c1-6-11-14(5)12-10-13-18(15-7-2,16-8-3)17-9-4/h6,11,14H,7-10,12-13H2,1-5H3/b11-6+. The molecule has 108 valence electrons. The molecule has 0 bridgehead atoms.